The maximum Gasteiger partial charge on any atom is 0.125 e. The molecular weight excluding hydrogens is 275 g/mol. The minimum atomic E-state index is -0.274. The van der Waals surface area contributed by atoms with Crippen LogP contribution in [0.3, 0.4) is 0 Å². The van der Waals surface area contributed by atoms with Crippen molar-refractivity contribution in [3.05, 3.63) is 29.0 Å². The van der Waals surface area contributed by atoms with Gasteiger partial charge in [0.15, 0.2) is 0 Å². The highest BCUT2D eigenvalue weighted by Crippen LogP contribution is 2.35. The molecule has 1 aliphatic rings. The van der Waals surface area contributed by atoms with E-state index in [9.17, 15) is 4.39 Å². The molecule has 0 spiro atoms. The summed E-state index contributed by atoms with van der Waals surface area (Å²) in [5, 5.41) is 3.99. The molecule has 20 heavy (non-hydrogen) atoms. The standard InChI is InChI=1S/C16H24ClFN2/c1-2-12-4-3-8-16(11-19,9-7-12)20-15-10-13(18)5-6-14(15)17/h5-6,10,12,20H,2-4,7-9,11,19H2,1H3. The Kier molecular flexibility index (Phi) is 5.28. The fourth-order valence-electron chi connectivity index (χ4n) is 3.15. The minimum Gasteiger partial charge on any atom is -0.377 e. The molecule has 0 bridgehead atoms. The predicted octanol–water partition coefficient (Wildman–Crippen LogP) is 4.58. The molecule has 2 unspecified atom stereocenters. The number of nitrogens with one attached hydrogen (secondary N) is 1. The quantitative estimate of drug-likeness (QED) is 0.799. The molecule has 0 amide bonds. The van der Waals surface area contributed by atoms with Gasteiger partial charge < -0.3 is 11.1 Å². The van der Waals surface area contributed by atoms with Gasteiger partial charge in [-0.2, -0.15) is 0 Å². The van der Waals surface area contributed by atoms with Crippen LogP contribution in [0.15, 0.2) is 18.2 Å². The van der Waals surface area contributed by atoms with Crippen molar-refractivity contribution < 1.29 is 4.39 Å². The smallest absolute Gasteiger partial charge is 0.125 e. The first-order chi connectivity index (χ1) is 9.58. The summed E-state index contributed by atoms with van der Waals surface area (Å²) in [5.74, 6) is 0.511. The number of anilines is 1. The van der Waals surface area contributed by atoms with Crippen molar-refractivity contribution in [1.82, 2.24) is 0 Å². The van der Waals surface area contributed by atoms with Gasteiger partial charge in [0.2, 0.25) is 0 Å². The summed E-state index contributed by atoms with van der Waals surface area (Å²) in [6, 6.07) is 4.43. The second-order valence-electron chi connectivity index (χ2n) is 5.94. The fraction of sp³-hybridized carbons (Fsp3) is 0.625. The van der Waals surface area contributed by atoms with Crippen LogP contribution >= 0.6 is 11.6 Å². The predicted molar refractivity (Wildman–Crippen MR) is 83.7 cm³/mol. The van der Waals surface area contributed by atoms with E-state index in [1.807, 2.05) is 0 Å². The molecule has 0 saturated heterocycles. The zero-order chi connectivity index (χ0) is 14.6. The van der Waals surface area contributed by atoms with Gasteiger partial charge in [-0.15, -0.1) is 0 Å². The maximum atomic E-state index is 13.4. The Morgan fingerprint density at radius 3 is 2.90 bits per heavy atom. The van der Waals surface area contributed by atoms with Gasteiger partial charge in [0.1, 0.15) is 5.82 Å². The van der Waals surface area contributed by atoms with Crippen molar-refractivity contribution in [1.29, 1.82) is 0 Å². The fourth-order valence-corrected chi connectivity index (χ4v) is 3.31. The van der Waals surface area contributed by atoms with Crippen LogP contribution < -0.4 is 11.1 Å². The van der Waals surface area contributed by atoms with Gasteiger partial charge in [0.25, 0.3) is 0 Å². The molecule has 112 valence electrons. The Labute approximate surface area is 125 Å². The van der Waals surface area contributed by atoms with E-state index in [4.69, 9.17) is 17.3 Å². The summed E-state index contributed by atoms with van der Waals surface area (Å²) < 4.78 is 13.4. The van der Waals surface area contributed by atoms with Gasteiger partial charge in [-0.1, -0.05) is 37.8 Å². The summed E-state index contributed by atoms with van der Waals surface area (Å²) >= 11 is 6.16. The van der Waals surface area contributed by atoms with Gasteiger partial charge in [-0.3, -0.25) is 0 Å². The number of hydrogen-bond donors (Lipinski definition) is 2. The first-order valence-corrected chi connectivity index (χ1v) is 7.89. The van der Waals surface area contributed by atoms with Crippen molar-refractivity contribution in [3.8, 4) is 0 Å². The molecule has 0 heterocycles. The molecule has 4 heteroatoms. The van der Waals surface area contributed by atoms with E-state index in [2.05, 4.69) is 12.2 Å². The second kappa shape index (κ2) is 6.77. The first kappa shape index (κ1) is 15.6. The Bertz CT molecular complexity index is 452. The lowest BCUT2D eigenvalue weighted by atomic mass is 9.89. The van der Waals surface area contributed by atoms with Crippen LogP contribution in [0.1, 0.15) is 45.4 Å². The molecule has 2 nitrogen and oxygen atoms in total. The molecule has 2 rings (SSSR count). The van der Waals surface area contributed by atoms with Crippen molar-refractivity contribution in [2.24, 2.45) is 11.7 Å². The van der Waals surface area contributed by atoms with E-state index in [-0.39, 0.29) is 11.4 Å². The molecule has 2 atom stereocenters. The second-order valence-corrected chi connectivity index (χ2v) is 6.35. The molecule has 0 aromatic heterocycles. The van der Waals surface area contributed by atoms with E-state index in [0.717, 1.165) is 25.2 Å². The van der Waals surface area contributed by atoms with Crippen LogP contribution in [0.4, 0.5) is 10.1 Å². The summed E-state index contributed by atoms with van der Waals surface area (Å²) in [6.07, 6.45) is 6.86. The largest absolute Gasteiger partial charge is 0.377 e. The van der Waals surface area contributed by atoms with Crippen molar-refractivity contribution in [2.45, 2.75) is 51.0 Å². The van der Waals surface area contributed by atoms with Crippen LogP contribution in [0, 0.1) is 11.7 Å². The lowest BCUT2D eigenvalue weighted by molar-refractivity contribution is 0.398. The summed E-state index contributed by atoms with van der Waals surface area (Å²) in [7, 11) is 0. The van der Waals surface area contributed by atoms with Crippen LogP contribution in [-0.2, 0) is 0 Å². The third kappa shape index (κ3) is 3.64. The summed E-state index contributed by atoms with van der Waals surface area (Å²) in [4.78, 5) is 0. The molecule has 1 fully saturated rings. The van der Waals surface area contributed by atoms with Crippen LogP contribution in [-0.4, -0.2) is 12.1 Å². The number of benzene rings is 1. The molecule has 3 N–H and O–H groups in total. The van der Waals surface area contributed by atoms with Gasteiger partial charge in [-0.25, -0.2) is 4.39 Å². The average molecular weight is 299 g/mol. The van der Waals surface area contributed by atoms with Gasteiger partial charge in [0, 0.05) is 12.1 Å². The molecule has 1 aliphatic carbocycles. The van der Waals surface area contributed by atoms with Crippen LogP contribution in [0.25, 0.3) is 0 Å². The zero-order valence-electron chi connectivity index (χ0n) is 12.1. The Hall–Kier alpha value is -0.800. The van der Waals surface area contributed by atoms with Gasteiger partial charge in [0.05, 0.1) is 10.7 Å². The SMILES string of the molecule is CCC1CCCC(CN)(Nc2cc(F)ccc2Cl)CC1. The molecule has 1 saturated carbocycles. The molecule has 1 aromatic carbocycles. The number of rotatable bonds is 4. The molecule has 0 radical (unpaired) electrons. The van der Waals surface area contributed by atoms with E-state index >= 15 is 0 Å². The third-order valence-corrected chi connectivity index (χ3v) is 4.92. The highest BCUT2D eigenvalue weighted by atomic mass is 35.5. The Morgan fingerprint density at radius 1 is 1.40 bits per heavy atom. The monoisotopic (exact) mass is 298 g/mol. The van der Waals surface area contributed by atoms with Crippen molar-refractivity contribution in [3.63, 3.8) is 0 Å². The molecule has 0 aliphatic heterocycles. The van der Waals surface area contributed by atoms with Crippen molar-refractivity contribution in [2.75, 3.05) is 11.9 Å². The number of halogens is 2. The summed E-state index contributed by atoms with van der Waals surface area (Å²) in [6.45, 7) is 2.80. The van der Waals surface area contributed by atoms with E-state index in [0.29, 0.717) is 17.3 Å². The lowest BCUT2D eigenvalue weighted by Gasteiger charge is -2.34. The van der Waals surface area contributed by atoms with E-state index in [1.165, 1.54) is 31.4 Å². The van der Waals surface area contributed by atoms with E-state index < -0.39 is 0 Å². The third-order valence-electron chi connectivity index (χ3n) is 4.60. The maximum absolute atomic E-state index is 13.4. The topological polar surface area (TPSA) is 38.0 Å². The minimum absolute atomic E-state index is 0.151. The van der Waals surface area contributed by atoms with Gasteiger partial charge >= 0.3 is 0 Å². The Morgan fingerprint density at radius 2 is 2.20 bits per heavy atom. The zero-order valence-corrected chi connectivity index (χ0v) is 12.8. The number of nitrogens with two attached hydrogens (primary N) is 1. The van der Waals surface area contributed by atoms with Gasteiger partial charge in [-0.05, 0) is 43.4 Å². The van der Waals surface area contributed by atoms with Crippen LogP contribution in [0.2, 0.25) is 5.02 Å². The summed E-state index contributed by atoms with van der Waals surface area (Å²) in [5.41, 5.74) is 6.54. The van der Waals surface area contributed by atoms with Crippen molar-refractivity contribution >= 4 is 17.3 Å². The Balaban J connectivity index is 2.16. The lowest BCUT2D eigenvalue weighted by Crippen LogP contribution is -2.45. The highest BCUT2D eigenvalue weighted by Gasteiger charge is 2.32. The molecule has 1 aromatic rings. The number of hydrogen-bond acceptors (Lipinski definition) is 2. The average Bonchev–Trinajstić information content (AvgIpc) is 2.66. The van der Waals surface area contributed by atoms with Crippen LogP contribution in [0.5, 0.6) is 0 Å². The first-order valence-electron chi connectivity index (χ1n) is 7.52. The molecular formula is C16H24ClFN2. The van der Waals surface area contributed by atoms with E-state index in [1.54, 1.807) is 6.07 Å². The highest BCUT2D eigenvalue weighted by molar-refractivity contribution is 6.33. The normalized spacial score (nSPS) is 27.1.